The number of thiophene rings is 1. The summed E-state index contributed by atoms with van der Waals surface area (Å²) >= 11 is 0.0769. The van der Waals surface area contributed by atoms with Crippen molar-refractivity contribution in [1.82, 2.24) is 0 Å². The van der Waals surface area contributed by atoms with Crippen LogP contribution in [0, 0.1) is 16.9 Å². The van der Waals surface area contributed by atoms with Crippen molar-refractivity contribution in [3.8, 4) is 5.06 Å². The van der Waals surface area contributed by atoms with E-state index >= 15 is 0 Å². The molecule has 0 aliphatic heterocycles. The molecule has 29 heavy (non-hydrogen) atoms. The zero-order valence-electron chi connectivity index (χ0n) is 16.2. The molecule has 1 aromatic heterocycles. The number of hydrogen-bond acceptors (Lipinski definition) is 3. The smallest absolute Gasteiger partial charge is 0.344 e. The number of rotatable bonds is 7. The number of unbranched alkanes of at least 4 members (excludes halogenated alkanes) is 1. The highest BCUT2D eigenvalue weighted by Gasteiger charge is 2.30. The largest absolute Gasteiger partial charge is 0.411 e. The SMILES string of the molecule is CCCCC1CCC(c2ccccc2C(=O)Oc2sc(F)c(F)c2C(F)F)CC1. The Morgan fingerprint density at radius 3 is 2.52 bits per heavy atom. The molecule has 3 rings (SSSR count). The summed E-state index contributed by atoms with van der Waals surface area (Å²) in [5, 5.41) is -2.14. The van der Waals surface area contributed by atoms with Crippen LogP contribution >= 0.6 is 11.3 Å². The van der Waals surface area contributed by atoms with Gasteiger partial charge in [0.15, 0.2) is 10.9 Å². The summed E-state index contributed by atoms with van der Waals surface area (Å²) in [6.07, 6.45) is 4.42. The second-order valence-corrected chi connectivity index (χ2v) is 8.46. The van der Waals surface area contributed by atoms with Gasteiger partial charge in [-0.05, 0) is 49.1 Å². The maximum absolute atomic E-state index is 13.6. The molecule has 0 bridgehead atoms. The van der Waals surface area contributed by atoms with Crippen molar-refractivity contribution in [3.63, 3.8) is 0 Å². The molecule has 1 aromatic carbocycles. The third-order valence-corrected chi connectivity index (χ3v) is 6.50. The molecule has 0 radical (unpaired) electrons. The molecule has 1 saturated carbocycles. The third-order valence-electron chi connectivity index (χ3n) is 5.65. The van der Waals surface area contributed by atoms with Crippen LogP contribution in [0.5, 0.6) is 5.06 Å². The highest BCUT2D eigenvalue weighted by molar-refractivity contribution is 7.12. The Morgan fingerprint density at radius 1 is 1.17 bits per heavy atom. The second-order valence-electron chi connectivity index (χ2n) is 7.53. The maximum Gasteiger partial charge on any atom is 0.344 e. The molecule has 0 amide bonds. The van der Waals surface area contributed by atoms with Gasteiger partial charge in [0.2, 0.25) is 5.13 Å². The molecule has 158 valence electrons. The van der Waals surface area contributed by atoms with Gasteiger partial charge in [-0.2, -0.15) is 4.39 Å². The van der Waals surface area contributed by atoms with Crippen LogP contribution in [0.3, 0.4) is 0 Å². The second kappa shape index (κ2) is 9.74. The summed E-state index contributed by atoms with van der Waals surface area (Å²) in [5.74, 6) is -1.64. The first-order valence-corrected chi connectivity index (χ1v) is 10.8. The summed E-state index contributed by atoms with van der Waals surface area (Å²) in [4.78, 5) is 12.7. The van der Waals surface area contributed by atoms with Crippen LogP contribution < -0.4 is 4.74 Å². The van der Waals surface area contributed by atoms with E-state index in [1.54, 1.807) is 12.1 Å². The standard InChI is InChI=1S/C22H24F4O2S/c1-2-3-6-13-9-11-14(12-10-13)15-7-4-5-8-16(15)21(27)28-22-17(19(24)25)18(23)20(26)29-22/h4-5,7-8,13-14,19H,2-3,6,9-12H2,1H3. The summed E-state index contributed by atoms with van der Waals surface area (Å²) in [5.41, 5.74) is -0.128. The quantitative estimate of drug-likeness (QED) is 0.334. The third kappa shape index (κ3) is 5.00. The van der Waals surface area contributed by atoms with Gasteiger partial charge in [-0.15, -0.1) is 0 Å². The van der Waals surface area contributed by atoms with Crippen molar-refractivity contribution in [2.75, 3.05) is 0 Å². The molecule has 2 nitrogen and oxygen atoms in total. The first-order chi connectivity index (χ1) is 13.9. The van der Waals surface area contributed by atoms with E-state index in [2.05, 4.69) is 6.92 Å². The summed E-state index contributed by atoms with van der Waals surface area (Å²) in [6.45, 7) is 2.18. The van der Waals surface area contributed by atoms with Crippen LogP contribution in [0.2, 0.25) is 0 Å². The van der Waals surface area contributed by atoms with Gasteiger partial charge in [0.1, 0.15) is 5.56 Å². The first-order valence-electron chi connectivity index (χ1n) is 9.99. The Labute approximate surface area is 171 Å². The van der Waals surface area contributed by atoms with E-state index in [0.29, 0.717) is 5.92 Å². The lowest BCUT2D eigenvalue weighted by atomic mass is 9.76. The van der Waals surface area contributed by atoms with Gasteiger partial charge in [0.05, 0.1) is 5.56 Å². The molecule has 1 aliphatic rings. The first kappa shape index (κ1) is 21.8. The minimum atomic E-state index is -3.27. The molecule has 0 atom stereocenters. The van der Waals surface area contributed by atoms with E-state index in [4.69, 9.17) is 4.74 Å². The lowest BCUT2D eigenvalue weighted by Crippen LogP contribution is -2.18. The van der Waals surface area contributed by atoms with Crippen LogP contribution in [0.1, 0.15) is 85.7 Å². The molecular weight excluding hydrogens is 404 g/mol. The zero-order valence-corrected chi connectivity index (χ0v) is 17.0. The normalized spacial score (nSPS) is 19.5. The van der Waals surface area contributed by atoms with Crippen molar-refractivity contribution in [2.24, 2.45) is 5.92 Å². The Kier molecular flexibility index (Phi) is 7.33. The minimum Gasteiger partial charge on any atom is -0.411 e. The molecular formula is C22H24F4O2S. The van der Waals surface area contributed by atoms with Crippen molar-refractivity contribution in [3.05, 3.63) is 51.9 Å². The summed E-state index contributed by atoms with van der Waals surface area (Å²) in [6, 6.07) is 6.90. The van der Waals surface area contributed by atoms with E-state index < -0.39 is 34.0 Å². The molecule has 1 heterocycles. The van der Waals surface area contributed by atoms with Gasteiger partial charge in [-0.3, -0.25) is 0 Å². The molecule has 0 saturated heterocycles. The molecule has 1 aliphatic carbocycles. The van der Waals surface area contributed by atoms with Gasteiger partial charge >= 0.3 is 5.97 Å². The Bertz CT molecular complexity index is 841. The fourth-order valence-electron chi connectivity index (χ4n) is 4.07. The average molecular weight is 428 g/mol. The summed E-state index contributed by atoms with van der Waals surface area (Å²) < 4.78 is 58.1. The summed E-state index contributed by atoms with van der Waals surface area (Å²) in [7, 11) is 0. The number of esters is 1. The zero-order chi connectivity index (χ0) is 21.0. The molecule has 0 unspecified atom stereocenters. The predicted molar refractivity (Wildman–Crippen MR) is 105 cm³/mol. The molecule has 2 aromatic rings. The number of carbonyl (C=O) groups is 1. The Hall–Kier alpha value is -1.89. The van der Waals surface area contributed by atoms with Crippen LogP contribution in [-0.2, 0) is 0 Å². The average Bonchev–Trinajstić information content (AvgIpc) is 3.00. The van der Waals surface area contributed by atoms with Crippen molar-refractivity contribution in [1.29, 1.82) is 0 Å². The topological polar surface area (TPSA) is 26.3 Å². The number of ether oxygens (including phenoxy) is 1. The lowest BCUT2D eigenvalue weighted by molar-refractivity contribution is 0.0726. The van der Waals surface area contributed by atoms with Crippen LogP contribution in [-0.4, -0.2) is 5.97 Å². The van der Waals surface area contributed by atoms with Gasteiger partial charge in [0, 0.05) is 0 Å². The van der Waals surface area contributed by atoms with Gasteiger partial charge in [-0.25, -0.2) is 18.0 Å². The monoisotopic (exact) mass is 428 g/mol. The fourth-order valence-corrected chi connectivity index (χ4v) is 4.84. The number of benzene rings is 1. The van der Waals surface area contributed by atoms with E-state index in [1.165, 1.54) is 19.3 Å². The van der Waals surface area contributed by atoms with E-state index in [1.807, 2.05) is 12.1 Å². The minimum absolute atomic E-state index is 0.0769. The Balaban J connectivity index is 1.76. The lowest BCUT2D eigenvalue weighted by Gasteiger charge is -2.29. The van der Waals surface area contributed by atoms with Gasteiger partial charge in [-0.1, -0.05) is 55.7 Å². The number of halogens is 4. The van der Waals surface area contributed by atoms with Crippen molar-refractivity contribution in [2.45, 2.75) is 64.2 Å². The van der Waals surface area contributed by atoms with Crippen LogP contribution in [0.4, 0.5) is 17.6 Å². The van der Waals surface area contributed by atoms with E-state index in [9.17, 15) is 22.4 Å². The van der Waals surface area contributed by atoms with Gasteiger partial charge in [0.25, 0.3) is 6.43 Å². The van der Waals surface area contributed by atoms with E-state index in [0.717, 1.165) is 31.2 Å². The fraction of sp³-hybridized carbons (Fsp3) is 0.500. The Morgan fingerprint density at radius 2 is 1.86 bits per heavy atom. The molecule has 0 spiro atoms. The highest BCUT2D eigenvalue weighted by Crippen LogP contribution is 2.41. The molecule has 7 heteroatoms. The predicted octanol–water partition coefficient (Wildman–Crippen LogP) is 7.65. The van der Waals surface area contributed by atoms with Crippen LogP contribution in [0.15, 0.2) is 24.3 Å². The van der Waals surface area contributed by atoms with Crippen molar-refractivity contribution < 1.29 is 27.1 Å². The van der Waals surface area contributed by atoms with E-state index in [-0.39, 0.29) is 22.8 Å². The van der Waals surface area contributed by atoms with Gasteiger partial charge < -0.3 is 4.74 Å². The molecule has 1 fully saturated rings. The number of alkyl halides is 2. The van der Waals surface area contributed by atoms with Crippen molar-refractivity contribution >= 4 is 17.3 Å². The number of hydrogen-bond donors (Lipinski definition) is 0. The molecule has 0 N–H and O–H groups in total. The maximum atomic E-state index is 13.6. The van der Waals surface area contributed by atoms with Crippen LogP contribution in [0.25, 0.3) is 0 Å². The number of carbonyl (C=O) groups excluding carboxylic acids is 1. The highest BCUT2D eigenvalue weighted by atomic mass is 32.1.